The lowest BCUT2D eigenvalue weighted by Gasteiger charge is -2.39. The molecule has 9 nitrogen and oxygen atoms in total. The highest BCUT2D eigenvalue weighted by Crippen LogP contribution is 2.38. The van der Waals surface area contributed by atoms with Crippen LogP contribution < -0.4 is 19.9 Å². The van der Waals surface area contributed by atoms with E-state index < -0.39 is 0 Å². The molecule has 0 N–H and O–H groups in total. The van der Waals surface area contributed by atoms with Gasteiger partial charge < -0.3 is 23.8 Å². The molecule has 50 heavy (non-hydrogen) atoms. The number of carbonyl (C=O) groups is 1. The van der Waals surface area contributed by atoms with Gasteiger partial charge in [0.25, 0.3) is 11.5 Å². The number of nitriles is 1. The van der Waals surface area contributed by atoms with Crippen molar-refractivity contribution in [3.63, 3.8) is 0 Å². The summed E-state index contributed by atoms with van der Waals surface area (Å²) in [6, 6.07) is 13.2. The maximum Gasteiger partial charge on any atom is 0.264 e. The Balaban J connectivity index is 1.29. The van der Waals surface area contributed by atoms with Crippen LogP contribution in [0.5, 0.6) is 11.5 Å². The zero-order valence-corrected chi connectivity index (χ0v) is 31.5. The molecule has 1 saturated heterocycles. The number of carbonyl (C=O) groups excluding carboxylic acids is 1. The van der Waals surface area contributed by atoms with Gasteiger partial charge in [-0.1, -0.05) is 32.9 Å². The number of ether oxygens (including phenoxy) is 2. The molecule has 2 aliphatic heterocycles. The van der Waals surface area contributed by atoms with Gasteiger partial charge in [0.15, 0.2) is 0 Å². The van der Waals surface area contributed by atoms with Crippen LogP contribution >= 0.6 is 0 Å². The van der Waals surface area contributed by atoms with E-state index in [1.54, 1.807) is 31.9 Å². The Morgan fingerprint density at radius 3 is 2.26 bits per heavy atom. The molecule has 1 atom stereocenters. The largest absolute Gasteiger partial charge is 0.496 e. The number of anilines is 1. The summed E-state index contributed by atoms with van der Waals surface area (Å²) in [4.78, 5) is 32.7. The number of aromatic nitrogens is 1. The minimum atomic E-state index is -0.254. The molecule has 9 heteroatoms. The number of likely N-dealkylation sites (tertiary alicyclic amines) is 1. The number of nitrogens with zero attached hydrogens (tertiary/aromatic N) is 5. The first kappa shape index (κ1) is 36.7. The SMILES string of the molecule is COc1cc(-c2cn(C)c(=O)c(C)c2C)cc(OC)c1CN1CCC(N(C)c2ccc3c(c2)C(C)N(C(=O)/C(C#N)=C\C(C)(C)C)CC3)CC1. The van der Waals surface area contributed by atoms with Gasteiger partial charge in [-0.2, -0.15) is 5.26 Å². The van der Waals surface area contributed by atoms with Crippen LogP contribution in [0.4, 0.5) is 5.69 Å². The summed E-state index contributed by atoms with van der Waals surface area (Å²) in [6.45, 7) is 15.1. The van der Waals surface area contributed by atoms with E-state index in [1.807, 2.05) is 45.7 Å². The highest BCUT2D eigenvalue weighted by molar-refractivity contribution is 5.97. The van der Waals surface area contributed by atoms with E-state index in [-0.39, 0.29) is 28.5 Å². The number of methoxy groups -OCH3 is 2. The van der Waals surface area contributed by atoms with E-state index in [4.69, 9.17) is 9.47 Å². The first-order valence-corrected chi connectivity index (χ1v) is 17.6. The van der Waals surface area contributed by atoms with Gasteiger partial charge in [0, 0.05) is 69.3 Å². The monoisotopic (exact) mass is 679 g/mol. The second-order valence-electron chi connectivity index (χ2n) is 15.0. The molecule has 1 unspecified atom stereocenters. The Labute approximate surface area is 297 Å². The van der Waals surface area contributed by atoms with Gasteiger partial charge in [-0.05, 0) is 92.0 Å². The summed E-state index contributed by atoms with van der Waals surface area (Å²) in [5.41, 5.74) is 8.19. The van der Waals surface area contributed by atoms with Gasteiger partial charge in [-0.25, -0.2) is 0 Å². The Morgan fingerprint density at radius 1 is 1.04 bits per heavy atom. The molecule has 3 aromatic rings. The summed E-state index contributed by atoms with van der Waals surface area (Å²) >= 11 is 0. The van der Waals surface area contributed by atoms with Crippen molar-refractivity contribution >= 4 is 11.6 Å². The van der Waals surface area contributed by atoms with E-state index in [2.05, 4.69) is 60.2 Å². The van der Waals surface area contributed by atoms with Gasteiger partial charge >= 0.3 is 0 Å². The van der Waals surface area contributed by atoms with Crippen molar-refractivity contribution in [2.75, 3.05) is 45.8 Å². The average molecular weight is 680 g/mol. The number of aryl methyl sites for hydroxylation is 1. The lowest BCUT2D eigenvalue weighted by Crippen LogP contribution is -2.43. The van der Waals surface area contributed by atoms with E-state index >= 15 is 0 Å². The lowest BCUT2D eigenvalue weighted by atomic mass is 9.90. The molecule has 1 fully saturated rings. The first-order valence-electron chi connectivity index (χ1n) is 17.6. The van der Waals surface area contributed by atoms with Crippen molar-refractivity contribution in [2.45, 2.75) is 79.4 Å². The smallest absolute Gasteiger partial charge is 0.264 e. The summed E-state index contributed by atoms with van der Waals surface area (Å²) < 4.78 is 13.5. The summed E-state index contributed by atoms with van der Waals surface area (Å²) in [7, 11) is 7.35. The Hall–Kier alpha value is -4.55. The van der Waals surface area contributed by atoms with Crippen LogP contribution in [-0.4, -0.2) is 67.2 Å². The predicted molar refractivity (Wildman–Crippen MR) is 200 cm³/mol. The first-order chi connectivity index (χ1) is 23.7. The summed E-state index contributed by atoms with van der Waals surface area (Å²) in [5.74, 6) is 1.36. The standard InChI is InChI=1S/C41H53N5O4/c1-26-27(2)39(47)43(7)24-35(26)30-19-37(49-9)36(38(20-30)50-10)25-45-16-14-32(15-17-45)44(8)33-12-11-29-13-18-46(28(3)34(29)21-33)40(48)31(23-42)22-41(4,5)6/h11-12,19-22,24,28,32H,13-18,25H2,1-10H3/b31-22-. The highest BCUT2D eigenvalue weighted by atomic mass is 16.5. The molecule has 2 aliphatic rings. The summed E-state index contributed by atoms with van der Waals surface area (Å²) in [6.07, 6.45) is 6.47. The number of pyridine rings is 1. The number of piperidine rings is 1. The fourth-order valence-electron chi connectivity index (χ4n) is 7.49. The van der Waals surface area contributed by atoms with Gasteiger partial charge in [0.1, 0.15) is 23.1 Å². The fraction of sp³-hybridized carbons (Fsp3) is 0.488. The molecule has 3 heterocycles. The van der Waals surface area contributed by atoms with Crippen LogP contribution in [0, 0.1) is 30.6 Å². The van der Waals surface area contributed by atoms with Crippen LogP contribution in [0.15, 0.2) is 53.0 Å². The maximum absolute atomic E-state index is 13.5. The lowest BCUT2D eigenvalue weighted by molar-refractivity contribution is -0.129. The van der Waals surface area contributed by atoms with Gasteiger partial charge in [0.2, 0.25) is 0 Å². The molecule has 0 bridgehead atoms. The topological polar surface area (TPSA) is 91.0 Å². The molecule has 0 saturated carbocycles. The molecule has 1 aromatic heterocycles. The normalized spacial score (nSPS) is 17.3. The summed E-state index contributed by atoms with van der Waals surface area (Å²) in [5, 5.41) is 9.78. The molecular weight excluding hydrogens is 626 g/mol. The van der Waals surface area contributed by atoms with Crippen LogP contribution in [0.2, 0.25) is 0 Å². The average Bonchev–Trinajstić information content (AvgIpc) is 3.10. The number of rotatable bonds is 8. The van der Waals surface area contributed by atoms with E-state index in [1.165, 1.54) is 5.56 Å². The Bertz CT molecular complexity index is 1860. The zero-order chi connectivity index (χ0) is 36.5. The molecule has 266 valence electrons. The third-order valence-electron chi connectivity index (χ3n) is 10.6. The molecule has 1 amide bonds. The Kier molecular flexibility index (Phi) is 10.8. The molecule has 5 rings (SSSR count). The molecule has 0 spiro atoms. The quantitative estimate of drug-likeness (QED) is 0.193. The minimum Gasteiger partial charge on any atom is -0.496 e. The Morgan fingerprint density at radius 2 is 1.68 bits per heavy atom. The van der Waals surface area contributed by atoms with Crippen molar-refractivity contribution in [3.05, 3.63) is 86.3 Å². The van der Waals surface area contributed by atoms with Gasteiger partial charge in [0.05, 0.1) is 25.8 Å². The van der Waals surface area contributed by atoms with Crippen LogP contribution in [0.25, 0.3) is 11.1 Å². The molecule has 2 aromatic carbocycles. The van der Waals surface area contributed by atoms with Crippen molar-refractivity contribution in [3.8, 4) is 28.7 Å². The molecular formula is C41H53N5O4. The van der Waals surface area contributed by atoms with Crippen LogP contribution in [0.1, 0.15) is 74.4 Å². The molecule has 0 radical (unpaired) electrons. The fourth-order valence-corrected chi connectivity index (χ4v) is 7.49. The minimum absolute atomic E-state index is 0.00926. The number of hydrogen-bond donors (Lipinski definition) is 0. The van der Waals surface area contributed by atoms with E-state index in [9.17, 15) is 14.9 Å². The third kappa shape index (κ3) is 7.46. The number of allylic oxidation sites excluding steroid dienone is 1. The van der Waals surface area contributed by atoms with Crippen LogP contribution in [0.3, 0.4) is 0 Å². The van der Waals surface area contributed by atoms with Gasteiger partial charge in [-0.15, -0.1) is 0 Å². The third-order valence-corrected chi connectivity index (χ3v) is 10.6. The highest BCUT2D eigenvalue weighted by Gasteiger charge is 2.32. The second kappa shape index (κ2) is 14.7. The second-order valence-corrected chi connectivity index (χ2v) is 15.0. The van der Waals surface area contributed by atoms with Gasteiger partial charge in [-0.3, -0.25) is 14.5 Å². The number of hydrogen-bond acceptors (Lipinski definition) is 7. The van der Waals surface area contributed by atoms with Crippen molar-refractivity contribution < 1.29 is 14.3 Å². The zero-order valence-electron chi connectivity index (χ0n) is 31.5. The van der Waals surface area contributed by atoms with E-state index in [0.717, 1.165) is 82.9 Å². The van der Waals surface area contributed by atoms with Crippen molar-refractivity contribution in [1.29, 1.82) is 5.26 Å². The molecule has 0 aliphatic carbocycles. The van der Waals surface area contributed by atoms with Crippen LogP contribution in [-0.2, 0) is 24.8 Å². The number of benzene rings is 2. The van der Waals surface area contributed by atoms with E-state index in [0.29, 0.717) is 19.1 Å². The predicted octanol–water partition coefficient (Wildman–Crippen LogP) is 6.73. The van der Waals surface area contributed by atoms with Crippen molar-refractivity contribution in [1.82, 2.24) is 14.4 Å². The number of fused-ring (bicyclic) bond motifs is 1. The van der Waals surface area contributed by atoms with Crippen molar-refractivity contribution in [2.24, 2.45) is 12.5 Å². The maximum atomic E-state index is 13.5. The number of amides is 1.